The molecule has 3 rings (SSSR count). The van der Waals surface area contributed by atoms with Gasteiger partial charge in [0.05, 0.1) is 19.6 Å². The summed E-state index contributed by atoms with van der Waals surface area (Å²) in [4.78, 5) is 6.22. The maximum atomic E-state index is 8.42. The van der Waals surface area contributed by atoms with Crippen molar-refractivity contribution < 1.29 is 4.74 Å². The molecule has 1 saturated heterocycles. The van der Waals surface area contributed by atoms with E-state index in [9.17, 15) is 0 Å². The van der Waals surface area contributed by atoms with Crippen molar-refractivity contribution in [3.8, 4) is 0 Å². The number of amidine groups is 1. The Morgan fingerprint density at radius 2 is 2.14 bits per heavy atom. The van der Waals surface area contributed by atoms with Crippen LogP contribution in [0.5, 0.6) is 0 Å². The van der Waals surface area contributed by atoms with Crippen molar-refractivity contribution >= 4 is 12.2 Å². The molecule has 0 bridgehead atoms. The van der Waals surface area contributed by atoms with Crippen LogP contribution in [-0.2, 0) is 4.74 Å². The third-order valence-corrected chi connectivity index (χ3v) is 4.35. The van der Waals surface area contributed by atoms with E-state index in [0.29, 0.717) is 30.9 Å². The Balaban J connectivity index is 1.95. The maximum absolute atomic E-state index is 8.42. The summed E-state index contributed by atoms with van der Waals surface area (Å²) >= 11 is 0. The van der Waals surface area contributed by atoms with Gasteiger partial charge in [0.25, 0.3) is 0 Å². The molecule has 0 aromatic carbocycles. The topological polar surface area (TPSA) is 73.1 Å². The number of nitrogens with zero attached hydrogens (tertiary/aromatic N) is 2. The molecule has 5 heteroatoms. The molecule has 1 aliphatic carbocycles. The number of hydrogen-bond donors (Lipinski definition) is 2. The van der Waals surface area contributed by atoms with E-state index in [1.54, 1.807) is 11.9 Å². The van der Waals surface area contributed by atoms with Crippen molar-refractivity contribution in [2.24, 2.45) is 5.92 Å². The summed E-state index contributed by atoms with van der Waals surface area (Å²) in [5.74, 6) is 1.39. The van der Waals surface area contributed by atoms with Crippen LogP contribution in [0.25, 0.3) is 0 Å². The van der Waals surface area contributed by atoms with Crippen LogP contribution in [0, 0.1) is 23.7 Å². The van der Waals surface area contributed by atoms with Gasteiger partial charge in [0.15, 0.2) is 0 Å². The molecule has 0 amide bonds. The smallest absolute Gasteiger partial charge is 0.109 e. The molecule has 1 atom stereocenters. The Kier molecular flexibility index (Phi) is 3.76. The van der Waals surface area contributed by atoms with Gasteiger partial charge in [-0.3, -0.25) is 15.8 Å². The molecule has 1 aromatic rings. The minimum absolute atomic E-state index is 0.00968. The highest BCUT2D eigenvalue weighted by Crippen LogP contribution is 2.41. The van der Waals surface area contributed by atoms with Gasteiger partial charge in [0.1, 0.15) is 5.84 Å². The van der Waals surface area contributed by atoms with Crippen molar-refractivity contribution in [1.29, 1.82) is 10.8 Å². The van der Waals surface area contributed by atoms with E-state index >= 15 is 0 Å². The predicted octanol–water partition coefficient (Wildman–Crippen LogP) is 2.51. The molecule has 1 aromatic heterocycles. The van der Waals surface area contributed by atoms with Crippen LogP contribution < -0.4 is 0 Å². The molecule has 2 heterocycles. The van der Waals surface area contributed by atoms with Gasteiger partial charge < -0.3 is 9.64 Å². The quantitative estimate of drug-likeness (QED) is 0.645. The van der Waals surface area contributed by atoms with Crippen molar-refractivity contribution in [2.45, 2.75) is 31.6 Å². The van der Waals surface area contributed by atoms with Crippen molar-refractivity contribution in [3.63, 3.8) is 0 Å². The third-order valence-electron chi connectivity index (χ3n) is 4.35. The summed E-state index contributed by atoms with van der Waals surface area (Å²) in [5.41, 5.74) is 3.34. The van der Waals surface area contributed by atoms with Crippen LogP contribution in [0.1, 0.15) is 41.6 Å². The van der Waals surface area contributed by atoms with E-state index < -0.39 is 0 Å². The zero-order chi connectivity index (χ0) is 15.0. The molecular weight excluding hydrogens is 264 g/mol. The van der Waals surface area contributed by atoms with Crippen LogP contribution >= 0.6 is 0 Å². The van der Waals surface area contributed by atoms with Gasteiger partial charge in [-0.25, -0.2) is 0 Å². The van der Waals surface area contributed by atoms with Gasteiger partial charge in [0.2, 0.25) is 0 Å². The van der Waals surface area contributed by atoms with Crippen molar-refractivity contribution in [1.82, 2.24) is 9.88 Å². The monoisotopic (exact) mass is 286 g/mol. The average Bonchev–Trinajstić information content (AvgIpc) is 3.24. The third kappa shape index (κ3) is 2.83. The molecule has 0 radical (unpaired) electrons. The first-order chi connectivity index (χ1) is 10.1. The number of aromatic nitrogens is 1. The Morgan fingerprint density at radius 1 is 1.43 bits per heavy atom. The molecule has 1 aliphatic heterocycles. The highest BCUT2D eigenvalue weighted by molar-refractivity contribution is 5.94. The van der Waals surface area contributed by atoms with E-state index in [1.807, 2.05) is 6.92 Å². The molecule has 2 aliphatic rings. The molecule has 21 heavy (non-hydrogen) atoms. The van der Waals surface area contributed by atoms with Crippen LogP contribution in [0.3, 0.4) is 0 Å². The normalized spacial score (nSPS) is 19.7. The number of hydrogen-bond acceptors (Lipinski definition) is 4. The van der Waals surface area contributed by atoms with Gasteiger partial charge in [-0.05, 0) is 37.5 Å². The number of pyridine rings is 1. The minimum Gasteiger partial charge on any atom is -0.381 e. The minimum atomic E-state index is -0.00968. The lowest BCUT2D eigenvalue weighted by Gasteiger charge is -2.36. The lowest BCUT2D eigenvalue weighted by molar-refractivity contribution is -0.0366. The van der Waals surface area contributed by atoms with Gasteiger partial charge >= 0.3 is 0 Å². The predicted molar refractivity (Wildman–Crippen MR) is 82.3 cm³/mol. The first-order valence-electron chi connectivity index (χ1n) is 7.48. The van der Waals surface area contributed by atoms with E-state index in [2.05, 4.69) is 17.1 Å². The van der Waals surface area contributed by atoms with Crippen LogP contribution in [0.4, 0.5) is 0 Å². The highest BCUT2D eigenvalue weighted by atomic mass is 16.5. The Labute approximate surface area is 125 Å². The summed E-state index contributed by atoms with van der Waals surface area (Å²) < 4.78 is 5.33. The van der Waals surface area contributed by atoms with E-state index in [-0.39, 0.29) is 5.92 Å². The average molecular weight is 286 g/mol. The fourth-order valence-corrected chi connectivity index (χ4v) is 2.88. The van der Waals surface area contributed by atoms with E-state index in [0.717, 1.165) is 11.3 Å². The van der Waals surface area contributed by atoms with Gasteiger partial charge in [-0.1, -0.05) is 0 Å². The second kappa shape index (κ2) is 5.56. The largest absolute Gasteiger partial charge is 0.381 e. The fourth-order valence-electron chi connectivity index (χ4n) is 2.88. The zero-order valence-corrected chi connectivity index (χ0v) is 12.6. The molecular formula is C16H22N4O. The van der Waals surface area contributed by atoms with Crippen LogP contribution in [-0.4, -0.2) is 42.3 Å². The lowest BCUT2D eigenvalue weighted by atomic mass is 9.83. The Morgan fingerprint density at radius 3 is 2.67 bits per heavy atom. The van der Waals surface area contributed by atoms with Crippen molar-refractivity contribution in [2.75, 3.05) is 20.3 Å². The van der Waals surface area contributed by atoms with Gasteiger partial charge in [0, 0.05) is 36.2 Å². The number of likely N-dealkylation sites (N-methyl/N-ethyl adjacent to an activating group) is 1. The first-order valence-corrected chi connectivity index (χ1v) is 7.48. The maximum Gasteiger partial charge on any atom is 0.109 e. The first kappa shape index (κ1) is 14.2. The number of nitrogens with one attached hydrogen (secondary N) is 2. The molecule has 2 N–H and O–H groups in total. The number of rotatable bonds is 5. The van der Waals surface area contributed by atoms with Gasteiger partial charge in [-0.15, -0.1) is 0 Å². The number of aryl methyl sites for hydroxylation is 1. The number of ether oxygens (including phenoxy) is 1. The molecule has 5 nitrogen and oxygen atoms in total. The SMILES string of the molecule is Cc1cc(C(C(=N)N(C)C=N)C2COC2)cc(C2CC2)n1. The molecule has 0 spiro atoms. The molecule has 2 fully saturated rings. The summed E-state index contributed by atoms with van der Waals surface area (Å²) in [5, 5.41) is 15.8. The lowest BCUT2D eigenvalue weighted by Crippen LogP contribution is -2.41. The summed E-state index contributed by atoms with van der Waals surface area (Å²) in [6.45, 7) is 3.41. The summed E-state index contributed by atoms with van der Waals surface area (Å²) in [6.07, 6.45) is 3.65. The standard InChI is InChI=1S/C16H22N4O/c1-10-5-12(6-14(19-10)11-3-4-11)15(13-7-21-8-13)16(18)20(2)9-17/h5-6,9,11,13,15,17-18H,3-4,7-8H2,1-2H3. The second-order valence-corrected chi connectivity index (χ2v) is 6.14. The highest BCUT2D eigenvalue weighted by Gasteiger charge is 2.35. The molecule has 112 valence electrons. The van der Waals surface area contributed by atoms with Gasteiger partial charge in [-0.2, -0.15) is 0 Å². The summed E-state index contributed by atoms with van der Waals surface area (Å²) in [7, 11) is 1.76. The van der Waals surface area contributed by atoms with Crippen LogP contribution in [0.15, 0.2) is 12.1 Å². The Hall–Kier alpha value is -1.75. The fraction of sp³-hybridized carbons (Fsp3) is 0.562. The zero-order valence-electron chi connectivity index (χ0n) is 12.6. The van der Waals surface area contributed by atoms with E-state index in [1.165, 1.54) is 24.9 Å². The Bertz CT molecular complexity index is 563. The van der Waals surface area contributed by atoms with Crippen molar-refractivity contribution in [3.05, 3.63) is 29.1 Å². The second-order valence-electron chi connectivity index (χ2n) is 6.14. The van der Waals surface area contributed by atoms with Crippen LogP contribution in [0.2, 0.25) is 0 Å². The summed E-state index contributed by atoms with van der Waals surface area (Å²) in [6, 6.07) is 4.25. The molecule has 1 unspecified atom stereocenters. The molecule has 1 saturated carbocycles. The van der Waals surface area contributed by atoms with E-state index in [4.69, 9.17) is 15.6 Å².